The summed E-state index contributed by atoms with van der Waals surface area (Å²) in [7, 11) is -4.36. The number of anilines is 2. The third-order valence-corrected chi connectivity index (χ3v) is 8.69. The van der Waals surface area contributed by atoms with Gasteiger partial charge in [-0.15, -0.1) is 11.3 Å². The average molecular weight is 619 g/mol. The number of amides is 1. The minimum absolute atomic E-state index is 0.0458. The molecule has 0 aliphatic heterocycles. The van der Waals surface area contributed by atoms with Crippen molar-refractivity contribution >= 4 is 44.6 Å². The van der Waals surface area contributed by atoms with Crippen LogP contribution >= 0.6 is 11.3 Å². The van der Waals surface area contributed by atoms with Crippen LogP contribution in [0.25, 0.3) is 11.1 Å². The van der Waals surface area contributed by atoms with Gasteiger partial charge in [0.2, 0.25) is 0 Å². The molecule has 0 spiro atoms. The van der Waals surface area contributed by atoms with E-state index in [0.29, 0.717) is 17.0 Å². The molecule has 0 aliphatic rings. The molecule has 218 valence electrons. The molecule has 0 saturated heterocycles. The maximum atomic E-state index is 15.2. The number of sulfonamides is 1. The number of thiophene rings is 1. The fourth-order valence-electron chi connectivity index (χ4n) is 4.16. The topological polar surface area (TPSA) is 142 Å². The number of carboxylic acid groups (broad SMARTS) is 1. The lowest BCUT2D eigenvalue weighted by Gasteiger charge is -2.13. The van der Waals surface area contributed by atoms with Gasteiger partial charge in [0, 0.05) is 22.9 Å². The number of halogens is 1. The predicted octanol–water partition coefficient (Wildman–Crippen LogP) is 6.59. The second-order valence-corrected chi connectivity index (χ2v) is 11.8. The summed E-state index contributed by atoms with van der Waals surface area (Å²) < 4.78 is 48.6. The molecule has 1 amide bonds. The number of rotatable bonds is 10. The van der Waals surface area contributed by atoms with Gasteiger partial charge in [-0.1, -0.05) is 42.5 Å². The first kappa shape index (κ1) is 29.3. The van der Waals surface area contributed by atoms with E-state index in [-0.39, 0.29) is 34.4 Å². The Balaban J connectivity index is 1.26. The Hall–Kier alpha value is -5.20. The van der Waals surface area contributed by atoms with Crippen molar-refractivity contribution in [3.8, 4) is 22.6 Å². The summed E-state index contributed by atoms with van der Waals surface area (Å²) in [4.78, 5) is 23.5. The molecule has 0 unspecified atom stereocenters. The minimum Gasteiger partial charge on any atom is -0.508 e. The van der Waals surface area contributed by atoms with Crippen molar-refractivity contribution in [3.63, 3.8) is 0 Å². The second-order valence-electron chi connectivity index (χ2n) is 9.20. The van der Waals surface area contributed by atoms with Crippen LogP contribution in [-0.4, -0.2) is 30.5 Å². The van der Waals surface area contributed by atoms with Gasteiger partial charge in [-0.25, -0.2) is 17.6 Å². The van der Waals surface area contributed by atoms with Crippen LogP contribution in [-0.2, 0) is 16.6 Å². The highest BCUT2D eigenvalue weighted by Gasteiger charge is 2.25. The van der Waals surface area contributed by atoms with Crippen LogP contribution in [0.1, 0.15) is 25.6 Å². The summed E-state index contributed by atoms with van der Waals surface area (Å²) >= 11 is 0.745. The number of carboxylic acids is 1. The maximum absolute atomic E-state index is 15.2. The van der Waals surface area contributed by atoms with Gasteiger partial charge in [0.15, 0.2) is 5.82 Å². The fraction of sp³-hybridized carbons (Fsp3) is 0.0323. The highest BCUT2D eigenvalue weighted by atomic mass is 32.2. The van der Waals surface area contributed by atoms with Crippen LogP contribution in [0.5, 0.6) is 11.5 Å². The molecule has 0 bridgehead atoms. The molecule has 5 aromatic rings. The highest BCUT2D eigenvalue weighted by molar-refractivity contribution is 7.93. The first-order chi connectivity index (χ1) is 20.6. The number of aromatic carboxylic acids is 1. The van der Waals surface area contributed by atoms with Crippen LogP contribution in [0, 0.1) is 5.82 Å². The molecule has 9 nitrogen and oxygen atoms in total. The molecule has 43 heavy (non-hydrogen) atoms. The average Bonchev–Trinajstić information content (AvgIpc) is 3.50. The van der Waals surface area contributed by atoms with Crippen molar-refractivity contribution in [3.05, 3.63) is 124 Å². The van der Waals surface area contributed by atoms with Crippen molar-refractivity contribution in [1.29, 1.82) is 0 Å². The Morgan fingerprint density at radius 1 is 0.884 bits per heavy atom. The van der Waals surface area contributed by atoms with E-state index in [4.69, 9.17) is 4.74 Å². The van der Waals surface area contributed by atoms with Gasteiger partial charge >= 0.3 is 5.97 Å². The lowest BCUT2D eigenvalue weighted by molar-refractivity contribution is 0.0698. The van der Waals surface area contributed by atoms with E-state index < -0.39 is 26.7 Å². The summed E-state index contributed by atoms with van der Waals surface area (Å²) in [5.41, 5.74) is 2.17. The van der Waals surface area contributed by atoms with E-state index in [9.17, 15) is 28.2 Å². The predicted molar refractivity (Wildman–Crippen MR) is 161 cm³/mol. The second kappa shape index (κ2) is 12.3. The quantitative estimate of drug-likeness (QED) is 0.138. The lowest BCUT2D eigenvalue weighted by atomic mass is 10.0. The van der Waals surface area contributed by atoms with Gasteiger partial charge in [0.1, 0.15) is 27.9 Å². The van der Waals surface area contributed by atoms with E-state index in [0.717, 1.165) is 28.5 Å². The number of carbonyl (C=O) groups is 2. The summed E-state index contributed by atoms with van der Waals surface area (Å²) in [6, 6.07) is 25.4. The number of nitrogens with one attached hydrogen (secondary N) is 2. The Morgan fingerprint density at radius 2 is 1.63 bits per heavy atom. The van der Waals surface area contributed by atoms with E-state index in [1.54, 1.807) is 66.7 Å². The van der Waals surface area contributed by atoms with Crippen LogP contribution in [0.15, 0.2) is 107 Å². The number of ether oxygens (including phenoxy) is 1. The molecule has 1 aromatic heterocycles. The zero-order valence-corrected chi connectivity index (χ0v) is 23.8. The van der Waals surface area contributed by atoms with Gasteiger partial charge in [-0.3, -0.25) is 9.52 Å². The van der Waals surface area contributed by atoms with Crippen LogP contribution in [0.3, 0.4) is 0 Å². The largest absolute Gasteiger partial charge is 0.508 e. The molecule has 4 aromatic carbocycles. The number of benzene rings is 4. The smallest absolute Gasteiger partial charge is 0.347 e. The molecule has 4 N–H and O–H groups in total. The Labute approximate surface area is 249 Å². The number of hydrogen-bond acceptors (Lipinski definition) is 7. The molecular weight excluding hydrogens is 595 g/mol. The summed E-state index contributed by atoms with van der Waals surface area (Å²) in [5.74, 6) is -2.17. The lowest BCUT2D eigenvalue weighted by Crippen LogP contribution is -2.16. The molecule has 1 heterocycles. The Morgan fingerprint density at radius 3 is 2.40 bits per heavy atom. The SMILES string of the molecule is O=C(Nc1cccc(OCc2cccc(NS(=O)(=O)c3ccsc3C(=O)O)c2F)c1)c1cccc(-c2ccc(O)cc2)c1. The van der Waals surface area contributed by atoms with Crippen LogP contribution < -0.4 is 14.8 Å². The molecule has 0 fully saturated rings. The zero-order chi connectivity index (χ0) is 30.6. The van der Waals surface area contributed by atoms with E-state index in [2.05, 4.69) is 10.0 Å². The van der Waals surface area contributed by atoms with Gasteiger partial charge in [0.25, 0.3) is 15.9 Å². The number of phenols is 1. The van der Waals surface area contributed by atoms with Gasteiger partial charge in [-0.2, -0.15) is 0 Å². The van der Waals surface area contributed by atoms with E-state index in [1.807, 2.05) is 6.07 Å². The van der Waals surface area contributed by atoms with Gasteiger partial charge in [0.05, 0.1) is 5.69 Å². The number of phenolic OH excluding ortho intramolecular Hbond substituents is 1. The number of hydrogen-bond donors (Lipinski definition) is 4. The van der Waals surface area contributed by atoms with Crippen molar-refractivity contribution in [2.75, 3.05) is 10.0 Å². The molecule has 12 heteroatoms. The van der Waals surface area contributed by atoms with Crippen LogP contribution in [0.2, 0.25) is 0 Å². The third kappa shape index (κ3) is 6.83. The molecular formula is C31H23FN2O7S2. The summed E-state index contributed by atoms with van der Waals surface area (Å²) in [6.45, 7) is -0.258. The fourth-order valence-corrected chi connectivity index (χ4v) is 6.48. The first-order valence-electron chi connectivity index (χ1n) is 12.7. The van der Waals surface area contributed by atoms with Crippen molar-refractivity contribution < 1.29 is 37.3 Å². The third-order valence-electron chi connectivity index (χ3n) is 6.25. The first-order valence-corrected chi connectivity index (χ1v) is 15.0. The van der Waals surface area contributed by atoms with E-state index >= 15 is 4.39 Å². The molecule has 0 saturated carbocycles. The minimum atomic E-state index is -4.36. The Bertz CT molecular complexity index is 1920. The van der Waals surface area contributed by atoms with E-state index in [1.165, 1.54) is 23.6 Å². The van der Waals surface area contributed by atoms with Gasteiger partial charge in [-0.05, 0) is 65.0 Å². The molecule has 0 aliphatic carbocycles. The van der Waals surface area contributed by atoms with Crippen molar-refractivity contribution in [2.45, 2.75) is 11.5 Å². The molecule has 0 atom stereocenters. The van der Waals surface area contributed by atoms with Crippen molar-refractivity contribution in [2.24, 2.45) is 0 Å². The number of carbonyl (C=O) groups excluding carboxylic acids is 1. The van der Waals surface area contributed by atoms with Crippen LogP contribution in [0.4, 0.5) is 15.8 Å². The summed E-state index contributed by atoms with van der Waals surface area (Å²) in [5, 5.41) is 22.9. The monoisotopic (exact) mass is 618 g/mol. The Kier molecular flexibility index (Phi) is 8.41. The normalized spacial score (nSPS) is 11.1. The van der Waals surface area contributed by atoms with Gasteiger partial charge < -0.3 is 20.3 Å². The molecule has 0 radical (unpaired) electrons. The highest BCUT2D eigenvalue weighted by Crippen LogP contribution is 2.28. The zero-order valence-electron chi connectivity index (χ0n) is 22.2. The number of aromatic hydroxyl groups is 1. The maximum Gasteiger partial charge on any atom is 0.347 e. The molecule has 5 rings (SSSR count). The standard InChI is InChI=1S/C31H23FN2O7S2/c32-28-22(6-2-9-26(28)34-43(39,40)27-14-15-42-29(27)31(37)38)18-41-25-8-3-7-23(17-25)33-30(36)21-5-1-4-20(16-21)19-10-12-24(35)13-11-19/h1-17,34-35H,18H2,(H,33,36)(H,37,38). The summed E-state index contributed by atoms with van der Waals surface area (Å²) in [6.07, 6.45) is 0. The van der Waals surface area contributed by atoms with Crippen molar-refractivity contribution in [1.82, 2.24) is 0 Å².